The molecule has 0 bridgehead atoms. The van der Waals surface area contributed by atoms with Crippen molar-refractivity contribution >= 4 is 33.8 Å². The maximum Gasteiger partial charge on any atom is 0.212 e. The van der Waals surface area contributed by atoms with Crippen molar-refractivity contribution in [2.45, 2.75) is 6.54 Å². The summed E-state index contributed by atoms with van der Waals surface area (Å²) in [6, 6.07) is 0. The van der Waals surface area contributed by atoms with Gasteiger partial charge in [0.05, 0.1) is 10.6 Å². The maximum absolute atomic E-state index is 5.49. The summed E-state index contributed by atoms with van der Waals surface area (Å²) < 4.78 is 0. The summed E-state index contributed by atoms with van der Waals surface area (Å²) in [5.74, 6) is 0.00727. The minimum absolute atomic E-state index is 0.00727. The zero-order valence-corrected chi connectivity index (χ0v) is 9.88. The molecule has 0 amide bonds. The van der Waals surface area contributed by atoms with Crippen LogP contribution in [0.1, 0.15) is 5.01 Å². The van der Waals surface area contributed by atoms with Crippen LogP contribution >= 0.6 is 22.7 Å². The molecule has 0 aliphatic rings. The van der Waals surface area contributed by atoms with Crippen LogP contribution in [0.15, 0.2) is 16.6 Å². The normalized spacial score (nSPS) is 10.3. The number of rotatable bonds is 3. The van der Waals surface area contributed by atoms with E-state index in [2.05, 4.69) is 15.0 Å². The summed E-state index contributed by atoms with van der Waals surface area (Å²) in [5, 5.41) is 3.30. The molecule has 0 saturated heterocycles. The molecule has 8 heteroatoms. The van der Waals surface area contributed by atoms with Gasteiger partial charge in [-0.05, 0) is 0 Å². The van der Waals surface area contributed by atoms with Crippen molar-refractivity contribution in [2.75, 3.05) is 0 Å². The Morgan fingerprint density at radius 2 is 2.25 bits per heavy atom. The van der Waals surface area contributed by atoms with E-state index in [1.54, 1.807) is 6.20 Å². The van der Waals surface area contributed by atoms with Crippen molar-refractivity contribution in [1.29, 1.82) is 0 Å². The van der Waals surface area contributed by atoms with Crippen molar-refractivity contribution in [3.63, 3.8) is 0 Å². The Morgan fingerprint density at radius 1 is 1.44 bits per heavy atom. The molecule has 6 N–H and O–H groups in total. The number of thiazole rings is 2. The lowest BCUT2D eigenvalue weighted by Gasteiger charge is -1.87. The molecule has 6 nitrogen and oxygen atoms in total. The molecule has 0 aromatic carbocycles. The molecule has 0 saturated carbocycles. The Kier molecular flexibility index (Phi) is 3.13. The molecule has 84 valence electrons. The second-order valence-corrected chi connectivity index (χ2v) is 4.83. The molecular formula is C8H10N6S2. The molecule has 16 heavy (non-hydrogen) atoms. The maximum atomic E-state index is 5.49. The van der Waals surface area contributed by atoms with Crippen LogP contribution in [0.25, 0.3) is 10.6 Å². The Labute approximate surface area is 99.9 Å². The topological polar surface area (TPSA) is 116 Å². The number of aromatic nitrogens is 2. The van der Waals surface area contributed by atoms with Gasteiger partial charge in [0.2, 0.25) is 5.13 Å². The van der Waals surface area contributed by atoms with Gasteiger partial charge in [-0.2, -0.15) is 4.99 Å². The fraction of sp³-hybridized carbons (Fsp3) is 0.125. The van der Waals surface area contributed by atoms with E-state index in [0.29, 0.717) is 11.7 Å². The molecule has 0 aliphatic heterocycles. The van der Waals surface area contributed by atoms with Gasteiger partial charge in [-0.1, -0.05) is 0 Å². The standard InChI is InChI=1S/C8H10N6S2/c9-1-6-12-2-5(16-6)4-3-15-8(13-4)14-7(10)11/h2-3H,1,9H2,(H4,10,11,13,14). The Morgan fingerprint density at radius 3 is 2.88 bits per heavy atom. The SMILES string of the molecule is NCc1ncc(-c2csc(N=C(N)N)n2)s1. The smallest absolute Gasteiger partial charge is 0.212 e. The summed E-state index contributed by atoms with van der Waals surface area (Å²) in [4.78, 5) is 13.3. The second-order valence-electron chi connectivity index (χ2n) is 2.87. The largest absolute Gasteiger partial charge is 0.370 e. The third-order valence-electron chi connectivity index (χ3n) is 1.70. The van der Waals surface area contributed by atoms with E-state index < -0.39 is 0 Å². The van der Waals surface area contributed by atoms with E-state index in [9.17, 15) is 0 Å². The fourth-order valence-electron chi connectivity index (χ4n) is 1.06. The van der Waals surface area contributed by atoms with Gasteiger partial charge >= 0.3 is 0 Å². The van der Waals surface area contributed by atoms with Crippen molar-refractivity contribution in [2.24, 2.45) is 22.2 Å². The van der Waals surface area contributed by atoms with Crippen molar-refractivity contribution in [3.8, 4) is 10.6 Å². The Hall–Kier alpha value is -1.51. The van der Waals surface area contributed by atoms with Gasteiger partial charge < -0.3 is 17.2 Å². The molecule has 0 spiro atoms. The van der Waals surface area contributed by atoms with E-state index in [0.717, 1.165) is 15.6 Å². The van der Waals surface area contributed by atoms with E-state index in [1.165, 1.54) is 22.7 Å². The zero-order valence-electron chi connectivity index (χ0n) is 8.25. The minimum atomic E-state index is 0.00727. The molecule has 0 atom stereocenters. The van der Waals surface area contributed by atoms with E-state index in [-0.39, 0.29) is 5.96 Å². The average molecular weight is 254 g/mol. The van der Waals surface area contributed by atoms with Crippen LogP contribution in [0.4, 0.5) is 5.13 Å². The molecule has 2 heterocycles. The van der Waals surface area contributed by atoms with Gasteiger partial charge in [-0.15, -0.1) is 22.7 Å². The first-order chi connectivity index (χ1) is 7.69. The van der Waals surface area contributed by atoms with Gasteiger partial charge in [0.25, 0.3) is 0 Å². The highest BCUT2D eigenvalue weighted by Crippen LogP contribution is 2.30. The van der Waals surface area contributed by atoms with Gasteiger partial charge in [0, 0.05) is 18.1 Å². The van der Waals surface area contributed by atoms with Gasteiger partial charge in [0.1, 0.15) is 5.01 Å². The van der Waals surface area contributed by atoms with E-state index >= 15 is 0 Å². The van der Waals surface area contributed by atoms with Crippen molar-refractivity contribution in [1.82, 2.24) is 9.97 Å². The van der Waals surface area contributed by atoms with Gasteiger partial charge in [0.15, 0.2) is 5.96 Å². The lowest BCUT2D eigenvalue weighted by Crippen LogP contribution is -2.21. The summed E-state index contributed by atoms with van der Waals surface area (Å²) in [7, 11) is 0. The Bertz CT molecular complexity index is 510. The first kappa shape index (κ1) is 11.0. The molecule has 2 aromatic heterocycles. The first-order valence-electron chi connectivity index (χ1n) is 4.39. The van der Waals surface area contributed by atoms with Crippen LogP contribution in [-0.4, -0.2) is 15.9 Å². The van der Waals surface area contributed by atoms with Crippen LogP contribution < -0.4 is 17.2 Å². The molecule has 2 aromatic rings. The quantitative estimate of drug-likeness (QED) is 0.548. The van der Waals surface area contributed by atoms with Crippen LogP contribution in [0.2, 0.25) is 0 Å². The average Bonchev–Trinajstić information content (AvgIpc) is 2.83. The highest BCUT2D eigenvalue weighted by molar-refractivity contribution is 7.16. The van der Waals surface area contributed by atoms with Gasteiger partial charge in [-0.25, -0.2) is 9.97 Å². The number of aliphatic imine (C=N–C) groups is 1. The molecule has 0 unspecified atom stereocenters. The zero-order chi connectivity index (χ0) is 11.5. The number of nitrogens with zero attached hydrogens (tertiary/aromatic N) is 3. The monoisotopic (exact) mass is 254 g/mol. The lowest BCUT2D eigenvalue weighted by molar-refractivity contribution is 1.04. The second kappa shape index (κ2) is 4.56. The lowest BCUT2D eigenvalue weighted by atomic mass is 10.4. The summed E-state index contributed by atoms with van der Waals surface area (Å²) in [6.07, 6.45) is 1.75. The van der Waals surface area contributed by atoms with Crippen LogP contribution in [-0.2, 0) is 6.54 Å². The van der Waals surface area contributed by atoms with Crippen molar-refractivity contribution in [3.05, 3.63) is 16.6 Å². The number of nitrogens with two attached hydrogens (primary N) is 3. The predicted octanol–water partition coefficient (Wildman–Crippen LogP) is 0.630. The van der Waals surface area contributed by atoms with Crippen LogP contribution in [0.5, 0.6) is 0 Å². The summed E-state index contributed by atoms with van der Waals surface area (Å²) in [5.41, 5.74) is 16.8. The number of hydrogen-bond acceptors (Lipinski definition) is 6. The molecular weight excluding hydrogens is 244 g/mol. The number of guanidine groups is 1. The third kappa shape index (κ3) is 2.35. The first-order valence-corrected chi connectivity index (χ1v) is 6.09. The van der Waals surface area contributed by atoms with Gasteiger partial charge in [-0.3, -0.25) is 0 Å². The molecule has 0 fully saturated rings. The van der Waals surface area contributed by atoms with Crippen molar-refractivity contribution < 1.29 is 0 Å². The predicted molar refractivity (Wildman–Crippen MR) is 66.6 cm³/mol. The van der Waals surface area contributed by atoms with Crippen LogP contribution in [0.3, 0.4) is 0 Å². The minimum Gasteiger partial charge on any atom is -0.370 e. The molecule has 2 rings (SSSR count). The highest BCUT2D eigenvalue weighted by Gasteiger charge is 2.07. The number of hydrogen-bond donors (Lipinski definition) is 3. The fourth-order valence-corrected chi connectivity index (χ4v) is 2.60. The highest BCUT2D eigenvalue weighted by atomic mass is 32.1. The summed E-state index contributed by atoms with van der Waals surface area (Å²) in [6.45, 7) is 0.440. The Balaban J connectivity index is 2.27. The molecule has 0 radical (unpaired) electrons. The summed E-state index contributed by atoms with van der Waals surface area (Å²) >= 11 is 2.89. The van der Waals surface area contributed by atoms with E-state index in [1.807, 2.05) is 5.38 Å². The molecule has 0 aliphatic carbocycles. The van der Waals surface area contributed by atoms with E-state index in [4.69, 9.17) is 17.2 Å². The van der Waals surface area contributed by atoms with Crippen LogP contribution in [0, 0.1) is 0 Å². The third-order valence-corrected chi connectivity index (χ3v) is 3.47.